The van der Waals surface area contributed by atoms with Gasteiger partial charge in [0.25, 0.3) is 0 Å². The summed E-state index contributed by atoms with van der Waals surface area (Å²) in [5.41, 5.74) is -0.225. The van der Waals surface area contributed by atoms with E-state index in [0.717, 1.165) is 12.8 Å². The van der Waals surface area contributed by atoms with Crippen molar-refractivity contribution in [3.8, 4) is 0 Å². The highest BCUT2D eigenvalue weighted by atomic mass is 79.9. The number of carbonyl (C=O) groups is 1. The molecule has 1 saturated carbocycles. The molecule has 1 aromatic rings. The number of hydrogen-bond donors (Lipinski definition) is 1. The molecule has 0 bridgehead atoms. The fourth-order valence-corrected chi connectivity index (χ4v) is 6.08. The summed E-state index contributed by atoms with van der Waals surface area (Å²) in [4.78, 5) is 12.0. The Morgan fingerprint density at radius 1 is 1.45 bits per heavy atom. The van der Waals surface area contributed by atoms with E-state index >= 15 is 0 Å². The van der Waals surface area contributed by atoms with Crippen molar-refractivity contribution < 1.29 is 18.3 Å². The summed E-state index contributed by atoms with van der Waals surface area (Å²) in [6.07, 6.45) is 2.22. The molecule has 22 heavy (non-hydrogen) atoms. The molecule has 1 aliphatic heterocycles. The van der Waals surface area contributed by atoms with Crippen LogP contribution in [0.3, 0.4) is 0 Å². The predicted molar refractivity (Wildman–Crippen MR) is 85.0 cm³/mol. The molecule has 2 atom stereocenters. The standard InChI is InChI=1S/C15H18BrNO4S/c1-10-4-5-12(16)7-13(10)22(20,21)17-8-11-3-2-6-15(11,9-17)14(18)19/h4-5,7,11H,2-3,6,8-9H2,1H3,(H,18,19)/t11-,15+/m0/s1. The highest BCUT2D eigenvalue weighted by Gasteiger charge is 2.57. The Labute approximate surface area is 138 Å². The molecule has 1 N–H and O–H groups in total. The van der Waals surface area contributed by atoms with Crippen molar-refractivity contribution in [1.82, 2.24) is 4.31 Å². The average molecular weight is 388 g/mol. The molecule has 0 unspecified atom stereocenters. The van der Waals surface area contributed by atoms with Gasteiger partial charge in [-0.1, -0.05) is 28.4 Å². The first kappa shape index (κ1) is 16.0. The Morgan fingerprint density at radius 3 is 2.82 bits per heavy atom. The lowest BCUT2D eigenvalue weighted by Gasteiger charge is -2.23. The topological polar surface area (TPSA) is 74.7 Å². The molecule has 1 aliphatic carbocycles. The van der Waals surface area contributed by atoms with Crippen LogP contribution < -0.4 is 0 Å². The van der Waals surface area contributed by atoms with Crippen molar-refractivity contribution in [3.05, 3.63) is 28.2 Å². The molecule has 0 aromatic heterocycles. The Hall–Kier alpha value is -0.920. The minimum atomic E-state index is -3.67. The molecule has 2 fully saturated rings. The first-order valence-corrected chi connectivity index (χ1v) is 9.50. The molecule has 1 heterocycles. The molecule has 1 aromatic carbocycles. The maximum absolute atomic E-state index is 12.9. The zero-order valence-corrected chi connectivity index (χ0v) is 14.7. The fourth-order valence-electron chi connectivity index (χ4n) is 3.77. The molecule has 0 spiro atoms. The van der Waals surface area contributed by atoms with Crippen molar-refractivity contribution in [2.75, 3.05) is 13.1 Å². The molecular weight excluding hydrogens is 370 g/mol. The van der Waals surface area contributed by atoms with E-state index in [2.05, 4.69) is 15.9 Å². The van der Waals surface area contributed by atoms with E-state index < -0.39 is 21.4 Å². The zero-order valence-electron chi connectivity index (χ0n) is 12.3. The van der Waals surface area contributed by atoms with E-state index in [1.54, 1.807) is 25.1 Å². The van der Waals surface area contributed by atoms with Gasteiger partial charge in [0.1, 0.15) is 0 Å². The summed E-state index contributed by atoms with van der Waals surface area (Å²) in [7, 11) is -3.67. The first-order chi connectivity index (χ1) is 10.3. The van der Waals surface area contributed by atoms with Gasteiger partial charge in [-0.15, -0.1) is 0 Å². The quantitative estimate of drug-likeness (QED) is 0.864. The van der Waals surface area contributed by atoms with E-state index in [-0.39, 0.29) is 17.4 Å². The summed E-state index contributed by atoms with van der Waals surface area (Å²) in [5, 5.41) is 9.60. The number of fused-ring (bicyclic) bond motifs is 1. The number of carboxylic acid groups (broad SMARTS) is 1. The van der Waals surface area contributed by atoms with E-state index in [0.29, 0.717) is 23.0 Å². The number of rotatable bonds is 3. The van der Waals surface area contributed by atoms with Gasteiger partial charge in [0.15, 0.2) is 0 Å². The lowest BCUT2D eigenvalue weighted by atomic mass is 9.81. The van der Waals surface area contributed by atoms with Gasteiger partial charge in [0.2, 0.25) is 10.0 Å². The number of sulfonamides is 1. The summed E-state index contributed by atoms with van der Waals surface area (Å²) < 4.78 is 27.9. The van der Waals surface area contributed by atoms with E-state index in [9.17, 15) is 18.3 Å². The van der Waals surface area contributed by atoms with Crippen LogP contribution in [0, 0.1) is 18.3 Å². The molecule has 1 saturated heterocycles. The molecule has 5 nitrogen and oxygen atoms in total. The van der Waals surface area contributed by atoms with Gasteiger partial charge in [0, 0.05) is 17.6 Å². The SMILES string of the molecule is Cc1ccc(Br)cc1S(=O)(=O)N1C[C@@H]2CCC[C@@]2(C(=O)O)C1. The number of hydrogen-bond acceptors (Lipinski definition) is 3. The van der Waals surface area contributed by atoms with Gasteiger partial charge in [-0.25, -0.2) is 8.42 Å². The van der Waals surface area contributed by atoms with Crippen molar-refractivity contribution >= 4 is 31.9 Å². The molecule has 3 rings (SSSR count). The lowest BCUT2D eigenvalue weighted by molar-refractivity contribution is -0.149. The van der Waals surface area contributed by atoms with Crippen LogP contribution >= 0.6 is 15.9 Å². The molecule has 0 amide bonds. The number of aliphatic carboxylic acids is 1. The van der Waals surface area contributed by atoms with Gasteiger partial charge in [-0.2, -0.15) is 4.31 Å². The second kappa shape index (κ2) is 5.32. The number of aryl methyl sites for hydroxylation is 1. The smallest absolute Gasteiger partial charge is 0.311 e. The fraction of sp³-hybridized carbons (Fsp3) is 0.533. The van der Waals surface area contributed by atoms with Crippen LogP contribution in [0.5, 0.6) is 0 Å². The predicted octanol–water partition coefficient (Wildman–Crippen LogP) is 2.63. The second-order valence-electron chi connectivity index (χ2n) is 6.26. The van der Waals surface area contributed by atoms with Crippen LogP contribution in [0.1, 0.15) is 24.8 Å². The van der Waals surface area contributed by atoms with Gasteiger partial charge in [-0.05, 0) is 43.4 Å². The van der Waals surface area contributed by atoms with Crippen LogP contribution in [0.2, 0.25) is 0 Å². The van der Waals surface area contributed by atoms with Gasteiger partial charge < -0.3 is 5.11 Å². The van der Waals surface area contributed by atoms with Crippen LogP contribution in [-0.4, -0.2) is 36.9 Å². The highest BCUT2D eigenvalue weighted by Crippen LogP contribution is 2.50. The van der Waals surface area contributed by atoms with Crippen LogP contribution in [-0.2, 0) is 14.8 Å². The Balaban J connectivity index is 1.98. The first-order valence-electron chi connectivity index (χ1n) is 7.27. The normalized spacial score (nSPS) is 28.7. The van der Waals surface area contributed by atoms with Crippen molar-refractivity contribution in [2.24, 2.45) is 11.3 Å². The van der Waals surface area contributed by atoms with Crippen molar-refractivity contribution in [2.45, 2.75) is 31.1 Å². The summed E-state index contributed by atoms with van der Waals surface area (Å²) in [6.45, 7) is 2.14. The van der Waals surface area contributed by atoms with Crippen LogP contribution in [0.15, 0.2) is 27.6 Å². The monoisotopic (exact) mass is 387 g/mol. The Morgan fingerprint density at radius 2 is 2.18 bits per heavy atom. The minimum Gasteiger partial charge on any atom is -0.481 e. The van der Waals surface area contributed by atoms with E-state index in [1.165, 1.54) is 4.31 Å². The maximum atomic E-state index is 12.9. The number of nitrogens with zero attached hydrogens (tertiary/aromatic N) is 1. The molecule has 120 valence electrons. The van der Waals surface area contributed by atoms with Crippen LogP contribution in [0.25, 0.3) is 0 Å². The summed E-state index contributed by atoms with van der Waals surface area (Å²) >= 11 is 3.30. The van der Waals surface area contributed by atoms with Gasteiger partial charge in [-0.3, -0.25) is 4.79 Å². The van der Waals surface area contributed by atoms with Crippen molar-refractivity contribution in [1.29, 1.82) is 0 Å². The molecule has 0 radical (unpaired) electrons. The van der Waals surface area contributed by atoms with Crippen molar-refractivity contribution in [3.63, 3.8) is 0 Å². The van der Waals surface area contributed by atoms with Crippen LogP contribution in [0.4, 0.5) is 0 Å². The summed E-state index contributed by atoms with van der Waals surface area (Å²) in [5.74, 6) is -0.939. The molecule has 2 aliphatic rings. The zero-order chi connectivity index (χ0) is 16.1. The third kappa shape index (κ3) is 2.30. The maximum Gasteiger partial charge on any atom is 0.311 e. The number of halogens is 1. The third-order valence-corrected chi connectivity index (χ3v) is 7.48. The van der Waals surface area contributed by atoms with Gasteiger partial charge >= 0.3 is 5.97 Å². The van der Waals surface area contributed by atoms with E-state index in [4.69, 9.17) is 0 Å². The van der Waals surface area contributed by atoms with E-state index in [1.807, 2.05) is 0 Å². The summed E-state index contributed by atoms with van der Waals surface area (Å²) in [6, 6.07) is 5.14. The Kier molecular flexibility index (Phi) is 3.86. The van der Waals surface area contributed by atoms with Gasteiger partial charge in [0.05, 0.1) is 10.3 Å². The Bertz CT molecular complexity index is 733. The molecule has 7 heteroatoms. The minimum absolute atomic E-state index is 0.0766. The highest BCUT2D eigenvalue weighted by molar-refractivity contribution is 9.10. The second-order valence-corrected chi connectivity index (χ2v) is 9.08. The molecular formula is C15H18BrNO4S. The number of benzene rings is 1. The largest absolute Gasteiger partial charge is 0.481 e. The average Bonchev–Trinajstić information content (AvgIpc) is 2.99. The third-order valence-electron chi connectivity index (χ3n) is 5.03. The lowest BCUT2D eigenvalue weighted by Crippen LogP contribution is -2.37. The number of carboxylic acids is 1.